The van der Waals surface area contributed by atoms with Crippen LogP contribution in [-0.2, 0) is 14.3 Å². The lowest BCUT2D eigenvalue weighted by Gasteiger charge is -2.15. The maximum atomic E-state index is 13.5. The van der Waals surface area contributed by atoms with Crippen LogP contribution in [0, 0.1) is 0 Å². The molecule has 1 atom stereocenters. The number of hydrogen-bond donors (Lipinski definition) is 3. The molecule has 4 rings (SSSR count). The standard InChI is InChI=1S/C38H39N3O7S/c1-5-6-23-48-38(45)27-15-17-29(18-16-27)39-35(42)25(2)49-31-21-19-30(20-22-31)40-37(44)32(41-36(43)26-11-8-7-9-12-26)24-28-13-10-14-33(46-3)34(28)47-4/h7-22,24-25H,5-6,23H2,1-4H3,(H,39,42)(H,40,44)(H,41,43)/b32-24-. The fraction of sp³-hybridized carbons (Fsp3) is 0.211. The molecule has 0 radical (unpaired) electrons. The number of carbonyl (C=O) groups excluding carboxylic acids is 4. The second-order valence-electron chi connectivity index (χ2n) is 10.8. The summed E-state index contributed by atoms with van der Waals surface area (Å²) in [6, 6.07) is 27.4. The molecule has 0 saturated carbocycles. The number of para-hydroxylation sites is 1. The predicted molar refractivity (Wildman–Crippen MR) is 192 cm³/mol. The van der Waals surface area contributed by atoms with Crippen molar-refractivity contribution in [3.05, 3.63) is 119 Å². The second kappa shape index (κ2) is 18.1. The second-order valence-corrected chi connectivity index (χ2v) is 12.2. The summed E-state index contributed by atoms with van der Waals surface area (Å²) in [6.45, 7) is 4.18. The van der Waals surface area contributed by atoms with Gasteiger partial charge in [0.05, 0.1) is 31.6 Å². The van der Waals surface area contributed by atoms with Gasteiger partial charge < -0.3 is 30.2 Å². The average molecular weight is 682 g/mol. The fourth-order valence-corrected chi connectivity index (χ4v) is 5.39. The van der Waals surface area contributed by atoms with Gasteiger partial charge in [-0.2, -0.15) is 0 Å². The molecular weight excluding hydrogens is 642 g/mol. The maximum absolute atomic E-state index is 13.5. The number of carbonyl (C=O) groups is 4. The minimum atomic E-state index is -0.553. The minimum absolute atomic E-state index is 0.00873. The zero-order valence-corrected chi connectivity index (χ0v) is 28.6. The number of anilines is 2. The van der Waals surface area contributed by atoms with Crippen molar-refractivity contribution in [3.8, 4) is 11.5 Å². The SMILES string of the molecule is CCCCOC(=O)c1ccc(NC(=O)C(C)Sc2ccc(NC(=O)/C(=C/c3cccc(OC)c3OC)NC(=O)c3ccccc3)cc2)cc1. The number of rotatable bonds is 15. The van der Waals surface area contributed by atoms with Crippen molar-refractivity contribution in [1.82, 2.24) is 5.32 Å². The quantitative estimate of drug-likeness (QED) is 0.0520. The number of methoxy groups -OCH3 is 2. The molecule has 0 aliphatic rings. The first-order valence-electron chi connectivity index (χ1n) is 15.7. The van der Waals surface area contributed by atoms with Gasteiger partial charge in [-0.1, -0.05) is 43.7 Å². The fourth-order valence-electron chi connectivity index (χ4n) is 4.52. The predicted octanol–water partition coefficient (Wildman–Crippen LogP) is 7.19. The van der Waals surface area contributed by atoms with Gasteiger partial charge in [0, 0.05) is 27.4 Å². The third-order valence-corrected chi connectivity index (χ3v) is 8.29. The molecule has 0 aromatic heterocycles. The molecule has 0 spiro atoms. The zero-order valence-electron chi connectivity index (χ0n) is 27.8. The lowest BCUT2D eigenvalue weighted by atomic mass is 10.1. The minimum Gasteiger partial charge on any atom is -0.493 e. The van der Waals surface area contributed by atoms with Crippen LogP contribution in [0.25, 0.3) is 6.08 Å². The first-order chi connectivity index (χ1) is 23.7. The number of nitrogens with one attached hydrogen (secondary N) is 3. The largest absolute Gasteiger partial charge is 0.493 e. The summed E-state index contributed by atoms with van der Waals surface area (Å²) in [4.78, 5) is 52.4. The van der Waals surface area contributed by atoms with E-state index in [0.29, 0.717) is 46.2 Å². The van der Waals surface area contributed by atoms with Crippen LogP contribution in [0.5, 0.6) is 11.5 Å². The van der Waals surface area contributed by atoms with Crippen LogP contribution in [0.15, 0.2) is 108 Å². The lowest BCUT2D eigenvalue weighted by molar-refractivity contribution is -0.115. The number of esters is 1. The van der Waals surface area contributed by atoms with Crippen molar-refractivity contribution in [2.24, 2.45) is 0 Å². The summed E-state index contributed by atoms with van der Waals surface area (Å²) in [5, 5.41) is 7.98. The van der Waals surface area contributed by atoms with E-state index in [-0.39, 0.29) is 11.6 Å². The van der Waals surface area contributed by atoms with E-state index in [9.17, 15) is 19.2 Å². The van der Waals surface area contributed by atoms with E-state index >= 15 is 0 Å². The molecule has 1 unspecified atom stereocenters. The highest BCUT2D eigenvalue weighted by atomic mass is 32.2. The van der Waals surface area contributed by atoms with Crippen LogP contribution in [0.4, 0.5) is 11.4 Å². The highest BCUT2D eigenvalue weighted by molar-refractivity contribution is 8.00. The molecule has 11 heteroatoms. The number of ether oxygens (including phenoxy) is 3. The van der Waals surface area contributed by atoms with E-state index in [1.54, 1.807) is 104 Å². The molecule has 4 aromatic rings. The molecule has 10 nitrogen and oxygen atoms in total. The number of thioether (sulfide) groups is 1. The normalized spacial score (nSPS) is 11.6. The molecule has 0 aliphatic carbocycles. The van der Waals surface area contributed by atoms with E-state index in [2.05, 4.69) is 16.0 Å². The first kappa shape index (κ1) is 36.3. The molecule has 0 saturated heterocycles. The van der Waals surface area contributed by atoms with E-state index in [1.807, 2.05) is 6.92 Å². The molecule has 3 amide bonds. The van der Waals surface area contributed by atoms with Crippen molar-refractivity contribution in [2.75, 3.05) is 31.5 Å². The molecule has 0 aliphatic heterocycles. The highest BCUT2D eigenvalue weighted by Crippen LogP contribution is 2.32. The number of benzene rings is 4. The van der Waals surface area contributed by atoms with Gasteiger partial charge in [-0.05, 0) is 86.2 Å². The van der Waals surface area contributed by atoms with E-state index < -0.39 is 23.0 Å². The van der Waals surface area contributed by atoms with Gasteiger partial charge in [-0.25, -0.2) is 4.79 Å². The first-order valence-corrected chi connectivity index (χ1v) is 16.6. The van der Waals surface area contributed by atoms with Gasteiger partial charge in [0.15, 0.2) is 11.5 Å². The van der Waals surface area contributed by atoms with Gasteiger partial charge in [-0.3, -0.25) is 14.4 Å². The molecule has 4 aromatic carbocycles. The Balaban J connectivity index is 1.41. The lowest BCUT2D eigenvalue weighted by Crippen LogP contribution is -2.30. The molecule has 254 valence electrons. The maximum Gasteiger partial charge on any atom is 0.338 e. The number of amides is 3. The van der Waals surface area contributed by atoms with Crippen LogP contribution < -0.4 is 25.4 Å². The highest BCUT2D eigenvalue weighted by Gasteiger charge is 2.19. The van der Waals surface area contributed by atoms with E-state index in [4.69, 9.17) is 14.2 Å². The van der Waals surface area contributed by atoms with Gasteiger partial charge >= 0.3 is 5.97 Å². The Bertz CT molecular complexity index is 1780. The molecule has 0 fully saturated rings. The molecule has 0 heterocycles. The van der Waals surface area contributed by atoms with Crippen LogP contribution in [0.1, 0.15) is 53.0 Å². The molecular formula is C38H39N3O7S. The zero-order chi connectivity index (χ0) is 35.2. The third-order valence-electron chi connectivity index (χ3n) is 7.18. The van der Waals surface area contributed by atoms with Crippen molar-refractivity contribution in [1.29, 1.82) is 0 Å². The van der Waals surface area contributed by atoms with Gasteiger partial charge in [0.2, 0.25) is 5.91 Å². The summed E-state index contributed by atoms with van der Waals surface area (Å²) in [5.74, 6) is -0.734. The number of hydrogen-bond acceptors (Lipinski definition) is 8. The smallest absolute Gasteiger partial charge is 0.338 e. The van der Waals surface area contributed by atoms with Crippen molar-refractivity contribution >= 4 is 52.9 Å². The Morgan fingerprint density at radius 1 is 0.776 bits per heavy atom. The van der Waals surface area contributed by atoms with Crippen LogP contribution >= 0.6 is 11.8 Å². The molecule has 3 N–H and O–H groups in total. The summed E-state index contributed by atoms with van der Waals surface area (Å²) < 4.78 is 16.1. The summed E-state index contributed by atoms with van der Waals surface area (Å²) in [7, 11) is 3.01. The van der Waals surface area contributed by atoms with Crippen molar-refractivity contribution in [2.45, 2.75) is 36.8 Å². The van der Waals surface area contributed by atoms with Gasteiger partial charge in [0.1, 0.15) is 5.70 Å². The van der Waals surface area contributed by atoms with E-state index in [1.165, 1.54) is 32.1 Å². The number of unbranched alkanes of at least 4 members (excludes halogenated alkanes) is 1. The Labute approximate surface area is 290 Å². The molecule has 49 heavy (non-hydrogen) atoms. The van der Waals surface area contributed by atoms with E-state index in [0.717, 1.165) is 17.7 Å². The summed E-state index contributed by atoms with van der Waals surface area (Å²) >= 11 is 1.35. The Kier molecular flexibility index (Phi) is 13.4. The topological polar surface area (TPSA) is 132 Å². The van der Waals surface area contributed by atoms with Crippen molar-refractivity contribution in [3.63, 3.8) is 0 Å². The Morgan fingerprint density at radius 3 is 2.10 bits per heavy atom. The monoisotopic (exact) mass is 681 g/mol. The third kappa shape index (κ3) is 10.5. The van der Waals surface area contributed by atoms with Crippen LogP contribution in [0.2, 0.25) is 0 Å². The van der Waals surface area contributed by atoms with Crippen LogP contribution in [0.3, 0.4) is 0 Å². The van der Waals surface area contributed by atoms with Gasteiger partial charge in [0.25, 0.3) is 11.8 Å². The average Bonchev–Trinajstić information content (AvgIpc) is 3.12. The van der Waals surface area contributed by atoms with Gasteiger partial charge in [-0.15, -0.1) is 11.8 Å². The van der Waals surface area contributed by atoms with Crippen molar-refractivity contribution < 1.29 is 33.4 Å². The Hall–Kier alpha value is -5.55. The summed E-state index contributed by atoms with van der Waals surface area (Å²) in [6.07, 6.45) is 3.27. The summed E-state index contributed by atoms with van der Waals surface area (Å²) in [5.41, 5.74) is 2.38. The molecule has 0 bridgehead atoms. The Morgan fingerprint density at radius 2 is 1.45 bits per heavy atom. The van der Waals surface area contributed by atoms with Crippen LogP contribution in [-0.4, -0.2) is 49.8 Å².